The van der Waals surface area contributed by atoms with E-state index in [2.05, 4.69) is 20.8 Å². The van der Waals surface area contributed by atoms with Crippen LogP contribution in [-0.4, -0.2) is 34.6 Å². The lowest BCUT2D eigenvalue weighted by atomic mass is 10.1. The molecule has 1 saturated heterocycles. The Morgan fingerprint density at radius 2 is 1.93 bits per heavy atom. The first-order valence-electron chi connectivity index (χ1n) is 9.23. The number of ether oxygens (including phenoxy) is 1. The highest BCUT2D eigenvalue weighted by Gasteiger charge is 2.30. The SMILES string of the molecule is CCOc1ccc(NC(=O)C2CC(=O)N/C(=N/N=C(C)c3ccccc3)S2)cc1. The van der Waals surface area contributed by atoms with Gasteiger partial charge >= 0.3 is 0 Å². The van der Waals surface area contributed by atoms with Crippen molar-refractivity contribution in [3.05, 3.63) is 60.2 Å². The molecule has 1 heterocycles. The molecule has 0 spiro atoms. The maximum atomic E-state index is 12.6. The van der Waals surface area contributed by atoms with Crippen LogP contribution in [0.5, 0.6) is 5.75 Å². The Labute approximate surface area is 173 Å². The minimum Gasteiger partial charge on any atom is -0.494 e. The second-order valence-corrected chi connectivity index (χ2v) is 7.45. The van der Waals surface area contributed by atoms with Crippen LogP contribution in [0.25, 0.3) is 0 Å². The zero-order chi connectivity index (χ0) is 20.6. The second kappa shape index (κ2) is 9.88. The maximum absolute atomic E-state index is 12.6. The van der Waals surface area contributed by atoms with Crippen molar-refractivity contribution >= 4 is 40.1 Å². The van der Waals surface area contributed by atoms with E-state index in [1.54, 1.807) is 24.3 Å². The van der Waals surface area contributed by atoms with Gasteiger partial charge in [0.25, 0.3) is 0 Å². The minimum absolute atomic E-state index is 0.0773. The highest BCUT2D eigenvalue weighted by Crippen LogP contribution is 2.23. The molecule has 150 valence electrons. The van der Waals surface area contributed by atoms with E-state index < -0.39 is 5.25 Å². The summed E-state index contributed by atoms with van der Waals surface area (Å²) in [4.78, 5) is 24.6. The van der Waals surface area contributed by atoms with E-state index in [1.807, 2.05) is 44.2 Å². The maximum Gasteiger partial charge on any atom is 0.238 e. The van der Waals surface area contributed by atoms with Gasteiger partial charge in [-0.3, -0.25) is 9.59 Å². The number of rotatable bonds is 6. The quantitative estimate of drug-likeness (QED) is 0.564. The number of hydrogen-bond acceptors (Lipinski definition) is 6. The van der Waals surface area contributed by atoms with Gasteiger partial charge in [-0.25, -0.2) is 0 Å². The van der Waals surface area contributed by atoms with E-state index in [1.165, 1.54) is 11.8 Å². The van der Waals surface area contributed by atoms with Gasteiger partial charge < -0.3 is 15.4 Å². The van der Waals surface area contributed by atoms with Gasteiger partial charge in [0.05, 0.1) is 12.3 Å². The third-order valence-electron chi connectivity index (χ3n) is 4.08. The molecule has 0 aromatic heterocycles. The summed E-state index contributed by atoms with van der Waals surface area (Å²) in [7, 11) is 0. The van der Waals surface area contributed by atoms with E-state index in [0.717, 1.165) is 11.3 Å². The zero-order valence-electron chi connectivity index (χ0n) is 16.2. The van der Waals surface area contributed by atoms with Gasteiger partial charge in [-0.15, -0.1) is 5.10 Å². The van der Waals surface area contributed by atoms with Crippen LogP contribution in [-0.2, 0) is 9.59 Å². The molecule has 2 N–H and O–H groups in total. The van der Waals surface area contributed by atoms with Crippen molar-refractivity contribution in [3.63, 3.8) is 0 Å². The number of nitrogens with one attached hydrogen (secondary N) is 2. The Balaban J connectivity index is 1.65. The first kappa shape index (κ1) is 20.6. The van der Waals surface area contributed by atoms with Crippen LogP contribution >= 0.6 is 11.8 Å². The molecule has 8 heteroatoms. The lowest BCUT2D eigenvalue weighted by Crippen LogP contribution is -2.41. The molecule has 1 atom stereocenters. The molecule has 1 fully saturated rings. The number of carbonyl (C=O) groups is 2. The Morgan fingerprint density at radius 1 is 1.21 bits per heavy atom. The summed E-state index contributed by atoms with van der Waals surface area (Å²) in [5.74, 6) is 0.213. The number of hydrogen-bond donors (Lipinski definition) is 2. The number of anilines is 1. The summed E-state index contributed by atoms with van der Waals surface area (Å²) in [6.45, 7) is 4.32. The fourth-order valence-electron chi connectivity index (χ4n) is 2.62. The molecule has 1 unspecified atom stereocenters. The number of benzene rings is 2. The van der Waals surface area contributed by atoms with E-state index in [0.29, 0.717) is 23.2 Å². The van der Waals surface area contributed by atoms with Crippen LogP contribution in [0.2, 0.25) is 0 Å². The topological polar surface area (TPSA) is 92.1 Å². The number of amidine groups is 1. The van der Waals surface area contributed by atoms with Crippen molar-refractivity contribution in [1.82, 2.24) is 5.32 Å². The third-order valence-corrected chi connectivity index (χ3v) is 5.15. The van der Waals surface area contributed by atoms with Crippen molar-refractivity contribution < 1.29 is 14.3 Å². The van der Waals surface area contributed by atoms with Crippen LogP contribution in [0.3, 0.4) is 0 Å². The molecular formula is C21H22N4O3S. The molecule has 29 heavy (non-hydrogen) atoms. The van der Waals surface area contributed by atoms with Gasteiger partial charge in [0.15, 0.2) is 5.17 Å². The van der Waals surface area contributed by atoms with Crippen LogP contribution < -0.4 is 15.4 Å². The predicted molar refractivity (Wildman–Crippen MR) is 116 cm³/mol. The first-order valence-corrected chi connectivity index (χ1v) is 10.1. The summed E-state index contributed by atoms with van der Waals surface area (Å²) in [5, 5.41) is 13.5. The average molecular weight is 410 g/mol. The van der Waals surface area contributed by atoms with Crippen LogP contribution in [0.4, 0.5) is 5.69 Å². The molecule has 0 aliphatic carbocycles. The van der Waals surface area contributed by atoms with E-state index in [-0.39, 0.29) is 18.2 Å². The molecule has 7 nitrogen and oxygen atoms in total. The Bertz CT molecular complexity index is 927. The number of carbonyl (C=O) groups excluding carboxylic acids is 2. The molecule has 1 aliphatic heterocycles. The first-order chi connectivity index (χ1) is 14.0. The lowest BCUT2D eigenvalue weighted by Gasteiger charge is -2.21. The zero-order valence-corrected chi connectivity index (χ0v) is 17.0. The average Bonchev–Trinajstić information content (AvgIpc) is 2.74. The summed E-state index contributed by atoms with van der Waals surface area (Å²) < 4.78 is 5.39. The van der Waals surface area contributed by atoms with Gasteiger partial charge in [0.1, 0.15) is 11.0 Å². The molecule has 3 rings (SSSR count). The molecule has 1 aliphatic rings. The van der Waals surface area contributed by atoms with E-state index in [4.69, 9.17) is 4.74 Å². The number of nitrogens with zero attached hydrogens (tertiary/aromatic N) is 2. The third kappa shape index (κ3) is 5.92. The normalized spacial score (nSPS) is 18.3. The summed E-state index contributed by atoms with van der Waals surface area (Å²) in [5.41, 5.74) is 2.30. The summed E-state index contributed by atoms with van der Waals surface area (Å²) in [6.07, 6.45) is 0.0773. The molecule has 0 radical (unpaired) electrons. The van der Waals surface area contributed by atoms with E-state index >= 15 is 0 Å². The fourth-order valence-corrected chi connectivity index (χ4v) is 3.55. The molecular weight excluding hydrogens is 388 g/mol. The van der Waals surface area contributed by atoms with Gasteiger partial charge in [0, 0.05) is 12.1 Å². The largest absolute Gasteiger partial charge is 0.494 e. The van der Waals surface area contributed by atoms with Gasteiger partial charge in [-0.1, -0.05) is 42.1 Å². The van der Waals surface area contributed by atoms with Crippen LogP contribution in [0.1, 0.15) is 25.8 Å². The second-order valence-electron chi connectivity index (χ2n) is 6.26. The molecule has 2 amide bonds. The number of amides is 2. The monoisotopic (exact) mass is 410 g/mol. The van der Waals surface area contributed by atoms with Crippen molar-refractivity contribution in [2.24, 2.45) is 10.2 Å². The molecule has 0 bridgehead atoms. The Morgan fingerprint density at radius 3 is 2.62 bits per heavy atom. The van der Waals surface area contributed by atoms with Gasteiger partial charge in [-0.2, -0.15) is 5.10 Å². The Kier molecular flexibility index (Phi) is 7.02. The fraction of sp³-hybridized carbons (Fsp3) is 0.238. The van der Waals surface area contributed by atoms with Crippen molar-refractivity contribution in [2.45, 2.75) is 25.5 Å². The van der Waals surface area contributed by atoms with Crippen LogP contribution in [0.15, 0.2) is 64.8 Å². The smallest absolute Gasteiger partial charge is 0.238 e. The predicted octanol–water partition coefficient (Wildman–Crippen LogP) is 3.43. The molecule has 2 aromatic rings. The minimum atomic E-state index is -0.582. The van der Waals surface area contributed by atoms with Gasteiger partial charge in [-0.05, 0) is 43.7 Å². The van der Waals surface area contributed by atoms with Gasteiger partial charge in [0.2, 0.25) is 11.8 Å². The number of thioether (sulfide) groups is 1. The standard InChI is InChI=1S/C21H22N4O3S/c1-3-28-17-11-9-16(10-12-17)22-20(27)18-13-19(26)23-21(29-18)25-24-14(2)15-7-5-4-6-8-15/h4-12,18H,3,13H2,1-2H3,(H,22,27)(H,23,25,26). The Hall–Kier alpha value is -3.13. The summed E-state index contributed by atoms with van der Waals surface area (Å²) in [6, 6.07) is 16.7. The van der Waals surface area contributed by atoms with E-state index in [9.17, 15) is 9.59 Å². The van der Waals surface area contributed by atoms with Crippen LogP contribution in [0, 0.1) is 0 Å². The lowest BCUT2D eigenvalue weighted by molar-refractivity contribution is -0.123. The van der Waals surface area contributed by atoms with Crippen molar-refractivity contribution in [1.29, 1.82) is 0 Å². The summed E-state index contributed by atoms with van der Waals surface area (Å²) >= 11 is 1.19. The molecule has 0 saturated carbocycles. The highest BCUT2D eigenvalue weighted by atomic mass is 32.2. The highest BCUT2D eigenvalue weighted by molar-refractivity contribution is 8.15. The van der Waals surface area contributed by atoms with Crippen molar-refractivity contribution in [2.75, 3.05) is 11.9 Å². The molecule has 2 aromatic carbocycles. The van der Waals surface area contributed by atoms with Crippen molar-refractivity contribution in [3.8, 4) is 5.75 Å².